The summed E-state index contributed by atoms with van der Waals surface area (Å²) in [5.41, 5.74) is 1.31. The molecule has 0 bridgehead atoms. The molecule has 5 nitrogen and oxygen atoms in total. The van der Waals surface area contributed by atoms with Crippen molar-refractivity contribution in [2.24, 2.45) is 0 Å². The van der Waals surface area contributed by atoms with Gasteiger partial charge in [0.15, 0.2) is 5.78 Å². The summed E-state index contributed by atoms with van der Waals surface area (Å²) < 4.78 is 10.3. The van der Waals surface area contributed by atoms with Gasteiger partial charge in [0.1, 0.15) is 12.4 Å². The summed E-state index contributed by atoms with van der Waals surface area (Å²) in [5, 5.41) is 9.22. The number of aliphatic hydroxyl groups is 1. The van der Waals surface area contributed by atoms with E-state index >= 15 is 0 Å². The zero-order valence-corrected chi connectivity index (χ0v) is 13.3. The van der Waals surface area contributed by atoms with E-state index in [9.17, 15) is 14.7 Å². The summed E-state index contributed by atoms with van der Waals surface area (Å²) in [7, 11) is 0. The molecular weight excluding hydrogens is 308 g/mol. The fraction of sp³-hybridized carbons (Fsp3) is 0.158. The number of ether oxygens (including phenoxy) is 2. The minimum atomic E-state index is -1.13. The highest BCUT2D eigenvalue weighted by Crippen LogP contribution is 2.17. The Bertz CT molecular complexity index is 719. The first-order valence-corrected chi connectivity index (χ1v) is 7.35. The lowest BCUT2D eigenvalue weighted by Gasteiger charge is -2.17. The van der Waals surface area contributed by atoms with Gasteiger partial charge in [0.25, 0.3) is 6.29 Å². The second kappa shape index (κ2) is 8.08. The average Bonchev–Trinajstić information content (AvgIpc) is 2.61. The van der Waals surface area contributed by atoms with Crippen LogP contribution in [0, 0.1) is 0 Å². The number of hydrogen-bond donors (Lipinski definition) is 1. The van der Waals surface area contributed by atoms with Crippen LogP contribution >= 0.6 is 0 Å². The van der Waals surface area contributed by atoms with Gasteiger partial charge in [0.2, 0.25) is 0 Å². The van der Waals surface area contributed by atoms with Crippen molar-refractivity contribution in [2.75, 3.05) is 6.61 Å². The van der Waals surface area contributed by atoms with Gasteiger partial charge in [-0.2, -0.15) is 0 Å². The summed E-state index contributed by atoms with van der Waals surface area (Å²) in [6, 6.07) is 15.3. The molecule has 0 saturated heterocycles. The third kappa shape index (κ3) is 4.54. The molecule has 0 aliphatic heterocycles. The highest BCUT2D eigenvalue weighted by Gasteiger charge is 2.16. The van der Waals surface area contributed by atoms with Gasteiger partial charge in [-0.25, -0.2) is 4.79 Å². The molecule has 0 amide bonds. The molecule has 0 aromatic heterocycles. The van der Waals surface area contributed by atoms with E-state index in [1.54, 1.807) is 48.5 Å². The van der Waals surface area contributed by atoms with Crippen molar-refractivity contribution in [1.82, 2.24) is 0 Å². The van der Waals surface area contributed by atoms with Crippen LogP contribution in [-0.2, 0) is 9.53 Å². The maximum Gasteiger partial charge on any atom is 0.336 e. The first-order chi connectivity index (χ1) is 11.5. The van der Waals surface area contributed by atoms with Crippen molar-refractivity contribution in [3.63, 3.8) is 0 Å². The van der Waals surface area contributed by atoms with Crippen LogP contribution in [0.3, 0.4) is 0 Å². The number of carbonyl (C=O) groups excluding carboxylic acids is 2. The molecule has 0 heterocycles. The molecule has 0 aliphatic rings. The van der Waals surface area contributed by atoms with E-state index in [-0.39, 0.29) is 11.4 Å². The molecule has 0 saturated carbocycles. The number of esters is 1. The van der Waals surface area contributed by atoms with Crippen molar-refractivity contribution in [2.45, 2.75) is 13.2 Å². The lowest BCUT2D eigenvalue weighted by Crippen LogP contribution is -2.28. The van der Waals surface area contributed by atoms with Crippen molar-refractivity contribution >= 4 is 11.8 Å². The molecule has 0 spiro atoms. The Kier molecular flexibility index (Phi) is 5.87. The molecular formula is C19H18O5. The monoisotopic (exact) mass is 326 g/mol. The van der Waals surface area contributed by atoms with Crippen LogP contribution in [-0.4, -0.2) is 29.8 Å². The molecule has 1 N–H and O–H groups in total. The normalized spacial score (nSPS) is 11.4. The maximum absolute atomic E-state index is 12.3. The van der Waals surface area contributed by atoms with Gasteiger partial charge < -0.3 is 14.6 Å². The van der Waals surface area contributed by atoms with Crippen LogP contribution < -0.4 is 4.74 Å². The Balaban J connectivity index is 2.04. The molecule has 0 fully saturated rings. The van der Waals surface area contributed by atoms with Crippen molar-refractivity contribution in [3.8, 4) is 5.75 Å². The fourth-order valence-electron chi connectivity index (χ4n) is 1.91. The van der Waals surface area contributed by atoms with Crippen LogP contribution in [0.2, 0.25) is 0 Å². The van der Waals surface area contributed by atoms with Gasteiger partial charge in [-0.1, -0.05) is 36.9 Å². The van der Waals surface area contributed by atoms with E-state index < -0.39 is 18.9 Å². The Labute approximate surface area is 140 Å². The van der Waals surface area contributed by atoms with Gasteiger partial charge in [-0.15, -0.1) is 0 Å². The molecule has 124 valence electrons. The number of hydrogen-bond acceptors (Lipinski definition) is 5. The van der Waals surface area contributed by atoms with Crippen LogP contribution in [0.4, 0.5) is 0 Å². The topological polar surface area (TPSA) is 72.8 Å². The van der Waals surface area contributed by atoms with Crippen LogP contribution in [0.25, 0.3) is 0 Å². The lowest BCUT2D eigenvalue weighted by molar-refractivity contribution is -0.163. The third-order valence-corrected chi connectivity index (χ3v) is 3.16. The zero-order chi connectivity index (χ0) is 17.5. The third-order valence-electron chi connectivity index (χ3n) is 3.16. The van der Waals surface area contributed by atoms with Gasteiger partial charge >= 0.3 is 5.97 Å². The highest BCUT2D eigenvalue weighted by atomic mass is 16.7. The zero-order valence-electron chi connectivity index (χ0n) is 13.3. The van der Waals surface area contributed by atoms with Crippen LogP contribution in [0.15, 0.2) is 66.7 Å². The average molecular weight is 326 g/mol. The largest absolute Gasteiger partial charge is 0.452 e. The van der Waals surface area contributed by atoms with E-state index in [1.165, 1.54) is 6.92 Å². The summed E-state index contributed by atoms with van der Waals surface area (Å²) in [5.74, 6) is -0.382. The van der Waals surface area contributed by atoms with Crippen molar-refractivity contribution in [3.05, 3.63) is 77.9 Å². The molecule has 0 aliphatic carbocycles. The van der Waals surface area contributed by atoms with Crippen LogP contribution in [0.1, 0.15) is 22.8 Å². The van der Waals surface area contributed by atoms with Gasteiger partial charge in [-0.05, 0) is 31.2 Å². The first kappa shape index (κ1) is 17.4. The molecule has 2 rings (SSSR count). The second-order valence-electron chi connectivity index (χ2n) is 5.14. The van der Waals surface area contributed by atoms with E-state index in [4.69, 9.17) is 9.47 Å². The molecule has 5 heteroatoms. The van der Waals surface area contributed by atoms with Gasteiger partial charge in [0, 0.05) is 16.7 Å². The van der Waals surface area contributed by atoms with Gasteiger partial charge in [0.05, 0.1) is 0 Å². The number of aliphatic hydroxyl groups excluding tert-OH is 1. The fourth-order valence-corrected chi connectivity index (χ4v) is 1.91. The predicted molar refractivity (Wildman–Crippen MR) is 88.7 cm³/mol. The number of carbonyl (C=O) groups is 2. The summed E-state index contributed by atoms with van der Waals surface area (Å²) in [6.07, 6.45) is -1.13. The van der Waals surface area contributed by atoms with Gasteiger partial charge in [-0.3, -0.25) is 4.79 Å². The molecule has 2 aromatic carbocycles. The number of benzene rings is 2. The molecule has 2 aromatic rings. The number of rotatable bonds is 7. The molecule has 24 heavy (non-hydrogen) atoms. The molecule has 0 radical (unpaired) electrons. The van der Waals surface area contributed by atoms with E-state index in [0.717, 1.165) is 0 Å². The Morgan fingerprint density at radius 3 is 2.17 bits per heavy atom. The SMILES string of the molecule is C=C(C)C(=O)OC(CO)Oc1ccc(C(=O)c2ccccc2)cc1. The quantitative estimate of drug-likeness (QED) is 0.366. The number of ketones is 1. The Morgan fingerprint density at radius 1 is 1.04 bits per heavy atom. The molecule has 1 atom stereocenters. The Morgan fingerprint density at radius 2 is 1.62 bits per heavy atom. The highest BCUT2D eigenvalue weighted by molar-refractivity contribution is 6.08. The standard InChI is InChI=1S/C19H18O5/c1-13(2)19(22)24-17(12-20)23-16-10-8-15(9-11-16)18(21)14-6-4-3-5-7-14/h3-11,17,20H,1,12H2,2H3. The summed E-state index contributed by atoms with van der Waals surface area (Å²) >= 11 is 0. The minimum Gasteiger partial charge on any atom is -0.452 e. The van der Waals surface area contributed by atoms with Crippen molar-refractivity contribution < 1.29 is 24.2 Å². The molecule has 1 unspecified atom stereocenters. The Hall–Kier alpha value is -2.92. The second-order valence-corrected chi connectivity index (χ2v) is 5.14. The minimum absolute atomic E-state index is 0.102. The maximum atomic E-state index is 12.3. The van der Waals surface area contributed by atoms with E-state index in [2.05, 4.69) is 6.58 Å². The smallest absolute Gasteiger partial charge is 0.336 e. The predicted octanol–water partition coefficient (Wildman–Crippen LogP) is 2.73. The van der Waals surface area contributed by atoms with Crippen LogP contribution in [0.5, 0.6) is 5.75 Å². The van der Waals surface area contributed by atoms with E-state index in [1.807, 2.05) is 6.07 Å². The van der Waals surface area contributed by atoms with Crippen molar-refractivity contribution in [1.29, 1.82) is 0 Å². The van der Waals surface area contributed by atoms with E-state index in [0.29, 0.717) is 16.9 Å². The lowest BCUT2D eigenvalue weighted by atomic mass is 10.0. The first-order valence-electron chi connectivity index (χ1n) is 7.35. The summed E-state index contributed by atoms with van der Waals surface area (Å²) in [4.78, 5) is 23.7. The summed E-state index contributed by atoms with van der Waals surface area (Å²) in [6.45, 7) is 4.46.